The van der Waals surface area contributed by atoms with Crippen molar-refractivity contribution in [3.8, 4) is 0 Å². The van der Waals surface area contributed by atoms with Crippen LogP contribution in [0.1, 0.15) is 13.8 Å². The maximum absolute atomic E-state index is 4.12. The molecule has 0 radical (unpaired) electrons. The van der Waals surface area contributed by atoms with Crippen LogP contribution in [-0.2, 0) is 0 Å². The van der Waals surface area contributed by atoms with Gasteiger partial charge in [-0.3, -0.25) is 4.99 Å². The first kappa shape index (κ1) is 16.8. The molecule has 0 aromatic heterocycles. The molecule has 14 heavy (non-hydrogen) atoms. The summed E-state index contributed by atoms with van der Waals surface area (Å²) in [5.41, 5.74) is 0. The number of halogens is 1. The molecule has 0 aliphatic rings. The maximum atomic E-state index is 4.12. The Labute approximate surface area is 109 Å². The summed E-state index contributed by atoms with van der Waals surface area (Å²) in [7, 11) is 1.80. The van der Waals surface area contributed by atoms with Gasteiger partial charge in [-0.25, -0.2) is 0 Å². The summed E-state index contributed by atoms with van der Waals surface area (Å²) in [6.07, 6.45) is 2.10. The van der Waals surface area contributed by atoms with Gasteiger partial charge in [0, 0.05) is 25.9 Å². The molecule has 0 unspecified atom stereocenters. The molecule has 86 valence electrons. The molecule has 0 rings (SSSR count). The van der Waals surface area contributed by atoms with Crippen LogP contribution in [0.3, 0.4) is 0 Å². The Bertz CT molecular complexity index is 151. The van der Waals surface area contributed by atoms with Gasteiger partial charge in [-0.05, 0) is 12.2 Å². The van der Waals surface area contributed by atoms with Crippen molar-refractivity contribution in [3.05, 3.63) is 0 Å². The highest BCUT2D eigenvalue weighted by molar-refractivity contribution is 14.0. The number of guanidine groups is 1. The Morgan fingerprint density at radius 3 is 2.43 bits per heavy atom. The highest BCUT2D eigenvalue weighted by Gasteiger charge is 1.97. The van der Waals surface area contributed by atoms with Crippen molar-refractivity contribution >= 4 is 41.7 Å². The lowest BCUT2D eigenvalue weighted by atomic mass is 10.2. The van der Waals surface area contributed by atoms with Crippen LogP contribution in [0, 0.1) is 5.92 Å². The Hall–Kier alpha value is 0.350. The van der Waals surface area contributed by atoms with E-state index in [1.54, 1.807) is 7.05 Å². The van der Waals surface area contributed by atoms with Gasteiger partial charge in [0.05, 0.1) is 0 Å². The zero-order valence-electron chi connectivity index (χ0n) is 9.46. The number of thioether (sulfide) groups is 1. The molecule has 0 spiro atoms. The lowest BCUT2D eigenvalue weighted by Gasteiger charge is -2.12. The van der Waals surface area contributed by atoms with Crippen molar-refractivity contribution in [3.63, 3.8) is 0 Å². The highest BCUT2D eigenvalue weighted by atomic mass is 127. The molecule has 0 heterocycles. The van der Waals surface area contributed by atoms with Gasteiger partial charge in [-0.1, -0.05) is 13.8 Å². The molecule has 0 aromatic rings. The molecule has 0 aliphatic heterocycles. The van der Waals surface area contributed by atoms with E-state index in [1.165, 1.54) is 0 Å². The normalized spacial score (nSPS) is 11.1. The molecule has 0 amide bonds. The summed E-state index contributed by atoms with van der Waals surface area (Å²) in [6.45, 7) is 6.31. The summed E-state index contributed by atoms with van der Waals surface area (Å²) in [6, 6.07) is 0. The first-order chi connectivity index (χ1) is 6.20. The minimum atomic E-state index is 0. The van der Waals surface area contributed by atoms with E-state index in [-0.39, 0.29) is 24.0 Å². The molecule has 0 bridgehead atoms. The summed E-state index contributed by atoms with van der Waals surface area (Å²) >= 11 is 1.83. The molecule has 0 saturated carbocycles. The molecular formula is C9H22IN3S. The fourth-order valence-corrected chi connectivity index (χ4v) is 1.10. The number of rotatable bonds is 5. The number of nitrogens with one attached hydrogen (secondary N) is 2. The molecule has 2 N–H and O–H groups in total. The third-order valence-electron chi connectivity index (χ3n) is 1.50. The lowest BCUT2D eigenvalue weighted by molar-refractivity contribution is 0.616. The molecule has 5 heteroatoms. The van der Waals surface area contributed by atoms with Gasteiger partial charge in [0.15, 0.2) is 5.96 Å². The van der Waals surface area contributed by atoms with Crippen LogP contribution in [0.2, 0.25) is 0 Å². The topological polar surface area (TPSA) is 36.4 Å². The first-order valence-corrected chi connectivity index (χ1v) is 6.03. The number of nitrogens with zero attached hydrogens (tertiary/aromatic N) is 1. The van der Waals surface area contributed by atoms with Gasteiger partial charge in [-0.2, -0.15) is 11.8 Å². The number of hydrogen-bond acceptors (Lipinski definition) is 2. The number of aliphatic imine (C=N–C) groups is 1. The second-order valence-corrected chi connectivity index (χ2v) is 4.25. The summed E-state index contributed by atoms with van der Waals surface area (Å²) in [5.74, 6) is 2.67. The van der Waals surface area contributed by atoms with Crippen molar-refractivity contribution < 1.29 is 0 Å². The van der Waals surface area contributed by atoms with Crippen LogP contribution < -0.4 is 10.6 Å². The van der Waals surface area contributed by atoms with Gasteiger partial charge in [0.1, 0.15) is 0 Å². The van der Waals surface area contributed by atoms with E-state index in [9.17, 15) is 0 Å². The van der Waals surface area contributed by atoms with Crippen molar-refractivity contribution in [2.45, 2.75) is 13.8 Å². The van der Waals surface area contributed by atoms with Crippen molar-refractivity contribution in [1.29, 1.82) is 0 Å². The second kappa shape index (κ2) is 11.4. The van der Waals surface area contributed by atoms with Crippen molar-refractivity contribution in [1.82, 2.24) is 10.6 Å². The molecule has 0 aliphatic carbocycles. The second-order valence-electron chi connectivity index (χ2n) is 3.27. The summed E-state index contributed by atoms with van der Waals surface area (Å²) in [4.78, 5) is 4.12. The average molecular weight is 331 g/mol. The smallest absolute Gasteiger partial charge is 0.191 e. The van der Waals surface area contributed by atoms with Crippen LogP contribution in [-0.4, -0.2) is 38.1 Å². The monoisotopic (exact) mass is 331 g/mol. The molecular weight excluding hydrogens is 309 g/mol. The van der Waals surface area contributed by atoms with E-state index in [1.807, 2.05) is 11.8 Å². The van der Waals surface area contributed by atoms with Gasteiger partial charge in [0.25, 0.3) is 0 Å². The van der Waals surface area contributed by atoms with E-state index in [2.05, 4.69) is 35.7 Å². The molecule has 0 aromatic carbocycles. The number of hydrogen-bond donors (Lipinski definition) is 2. The highest BCUT2D eigenvalue weighted by Crippen LogP contribution is 1.88. The summed E-state index contributed by atoms with van der Waals surface area (Å²) in [5, 5.41) is 6.50. The van der Waals surface area contributed by atoms with Crippen LogP contribution in [0.25, 0.3) is 0 Å². The zero-order chi connectivity index (χ0) is 10.1. The Kier molecular flexibility index (Phi) is 13.7. The minimum Gasteiger partial charge on any atom is -0.356 e. The third-order valence-corrected chi connectivity index (χ3v) is 2.11. The van der Waals surface area contributed by atoms with Gasteiger partial charge < -0.3 is 10.6 Å². The standard InChI is InChI=1S/C9H21N3S.HI/c1-8(2)7-12-9(10-3)11-5-6-13-4;/h8H,5-7H2,1-4H3,(H2,10,11,12);1H. The van der Waals surface area contributed by atoms with Gasteiger partial charge in [-0.15, -0.1) is 24.0 Å². The van der Waals surface area contributed by atoms with Gasteiger partial charge in [0.2, 0.25) is 0 Å². The largest absolute Gasteiger partial charge is 0.356 e. The maximum Gasteiger partial charge on any atom is 0.191 e. The van der Waals surface area contributed by atoms with E-state index in [4.69, 9.17) is 0 Å². The van der Waals surface area contributed by atoms with Crippen LogP contribution in [0.15, 0.2) is 4.99 Å². The first-order valence-electron chi connectivity index (χ1n) is 4.64. The van der Waals surface area contributed by atoms with Crippen LogP contribution in [0.5, 0.6) is 0 Å². The van der Waals surface area contributed by atoms with Gasteiger partial charge >= 0.3 is 0 Å². The molecule has 0 saturated heterocycles. The molecule has 3 nitrogen and oxygen atoms in total. The predicted octanol–water partition coefficient (Wildman–Crippen LogP) is 1.79. The Morgan fingerprint density at radius 2 is 2.00 bits per heavy atom. The van der Waals surface area contributed by atoms with Crippen LogP contribution >= 0.6 is 35.7 Å². The minimum absolute atomic E-state index is 0. The Morgan fingerprint density at radius 1 is 1.36 bits per heavy atom. The SMILES string of the molecule is CN=C(NCCSC)NCC(C)C.I. The molecule has 0 atom stereocenters. The lowest BCUT2D eigenvalue weighted by Crippen LogP contribution is -2.39. The van der Waals surface area contributed by atoms with E-state index >= 15 is 0 Å². The fraction of sp³-hybridized carbons (Fsp3) is 0.889. The quantitative estimate of drug-likeness (QED) is 0.349. The Balaban J connectivity index is 0. The third kappa shape index (κ3) is 10.4. The predicted molar refractivity (Wildman–Crippen MR) is 78.0 cm³/mol. The summed E-state index contributed by atoms with van der Waals surface area (Å²) < 4.78 is 0. The van der Waals surface area contributed by atoms with Crippen molar-refractivity contribution in [2.24, 2.45) is 10.9 Å². The average Bonchev–Trinajstić information content (AvgIpc) is 2.10. The van der Waals surface area contributed by atoms with Crippen molar-refractivity contribution in [2.75, 3.05) is 32.1 Å². The zero-order valence-corrected chi connectivity index (χ0v) is 12.6. The van der Waals surface area contributed by atoms with E-state index < -0.39 is 0 Å². The van der Waals surface area contributed by atoms with Crippen LogP contribution in [0.4, 0.5) is 0 Å². The molecule has 0 fully saturated rings. The van der Waals surface area contributed by atoms with E-state index in [0.717, 1.165) is 24.8 Å². The fourth-order valence-electron chi connectivity index (χ4n) is 0.793. The van der Waals surface area contributed by atoms with E-state index in [0.29, 0.717) is 5.92 Å².